The van der Waals surface area contributed by atoms with Gasteiger partial charge in [-0.05, 0) is 19.1 Å². The van der Waals surface area contributed by atoms with Gasteiger partial charge in [0.2, 0.25) is 0 Å². The molecule has 0 spiro atoms. The van der Waals surface area contributed by atoms with Crippen molar-refractivity contribution in [3.63, 3.8) is 0 Å². The number of nitriles is 1. The second-order valence-electron chi connectivity index (χ2n) is 3.22. The van der Waals surface area contributed by atoms with E-state index in [2.05, 4.69) is 22.1 Å². The molecule has 8 heteroatoms. The molecule has 0 aliphatic heterocycles. The molecule has 0 saturated heterocycles. The van der Waals surface area contributed by atoms with Gasteiger partial charge < -0.3 is 9.47 Å². The van der Waals surface area contributed by atoms with Crippen molar-refractivity contribution < 1.29 is 27.4 Å². The van der Waals surface area contributed by atoms with Crippen LogP contribution in [-0.2, 0) is 4.74 Å². The highest BCUT2D eigenvalue weighted by Gasteiger charge is 2.35. The van der Waals surface area contributed by atoms with Crippen molar-refractivity contribution in [1.29, 1.82) is 5.26 Å². The number of carbonyl (C=O) groups is 1. The van der Waals surface area contributed by atoms with Crippen LogP contribution in [0.15, 0.2) is 17.0 Å². The van der Waals surface area contributed by atoms with E-state index in [0.717, 1.165) is 6.07 Å². The lowest BCUT2D eigenvalue weighted by Gasteiger charge is -2.14. The zero-order chi connectivity index (χ0) is 14.6. The van der Waals surface area contributed by atoms with E-state index < -0.39 is 29.2 Å². The maximum Gasteiger partial charge on any atom is 0.573 e. The van der Waals surface area contributed by atoms with Crippen LogP contribution in [0.4, 0.5) is 13.2 Å². The third kappa shape index (κ3) is 3.79. The van der Waals surface area contributed by atoms with E-state index in [1.807, 2.05) is 0 Å². The predicted molar refractivity (Wildman–Crippen MR) is 61.0 cm³/mol. The van der Waals surface area contributed by atoms with Crippen molar-refractivity contribution in [2.45, 2.75) is 18.2 Å². The second-order valence-corrected chi connectivity index (χ2v) is 3.70. The number of esters is 1. The molecule has 0 aliphatic rings. The maximum absolute atomic E-state index is 12.3. The van der Waals surface area contributed by atoms with E-state index in [1.165, 1.54) is 19.1 Å². The minimum absolute atomic E-state index is 0.0190. The number of thiol groups is 1. The van der Waals surface area contributed by atoms with Gasteiger partial charge in [0.05, 0.1) is 6.61 Å². The highest BCUT2D eigenvalue weighted by atomic mass is 32.1. The molecule has 1 aromatic carbocycles. The van der Waals surface area contributed by atoms with Gasteiger partial charge in [-0.25, -0.2) is 4.79 Å². The maximum atomic E-state index is 12.3. The van der Waals surface area contributed by atoms with E-state index in [0.29, 0.717) is 0 Å². The molecular formula is C11H8F3NO3S. The van der Waals surface area contributed by atoms with Gasteiger partial charge >= 0.3 is 12.3 Å². The van der Waals surface area contributed by atoms with Gasteiger partial charge in [0.15, 0.2) is 5.75 Å². The summed E-state index contributed by atoms with van der Waals surface area (Å²) >= 11 is 3.84. The number of benzene rings is 1. The number of nitrogens with zero attached hydrogens (tertiary/aromatic N) is 1. The monoisotopic (exact) mass is 291 g/mol. The highest BCUT2D eigenvalue weighted by Crippen LogP contribution is 2.33. The largest absolute Gasteiger partial charge is 0.573 e. The number of hydrogen-bond donors (Lipinski definition) is 1. The zero-order valence-electron chi connectivity index (χ0n) is 9.61. The van der Waals surface area contributed by atoms with Crippen LogP contribution < -0.4 is 4.74 Å². The summed E-state index contributed by atoms with van der Waals surface area (Å²) in [5.74, 6) is -1.91. The Kier molecular flexibility index (Phi) is 4.67. The molecule has 102 valence electrons. The Morgan fingerprint density at radius 3 is 2.58 bits per heavy atom. The molecule has 0 radical (unpaired) electrons. The fraction of sp³-hybridized carbons (Fsp3) is 0.273. The molecule has 0 saturated carbocycles. The van der Waals surface area contributed by atoms with Gasteiger partial charge in [0, 0.05) is 4.90 Å². The SMILES string of the molecule is CCOC(=O)c1ccc(S)c(C#N)c1OC(F)(F)F. The molecule has 4 nitrogen and oxygen atoms in total. The minimum atomic E-state index is -5.03. The van der Waals surface area contributed by atoms with Crippen molar-refractivity contribution in [2.24, 2.45) is 0 Å². The molecule has 0 unspecified atom stereocenters. The van der Waals surface area contributed by atoms with E-state index >= 15 is 0 Å². The summed E-state index contributed by atoms with van der Waals surface area (Å²) in [6.45, 7) is 1.48. The molecule has 0 heterocycles. The molecule has 1 aromatic rings. The number of alkyl halides is 3. The Labute approximate surface area is 112 Å². The van der Waals surface area contributed by atoms with Crippen molar-refractivity contribution in [3.05, 3.63) is 23.3 Å². The van der Waals surface area contributed by atoms with Crippen LogP contribution >= 0.6 is 12.6 Å². The number of halogens is 3. The van der Waals surface area contributed by atoms with Crippen LogP contribution in [0, 0.1) is 11.3 Å². The third-order valence-corrected chi connectivity index (χ3v) is 2.33. The average molecular weight is 291 g/mol. The first-order valence-corrected chi connectivity index (χ1v) is 5.43. The van der Waals surface area contributed by atoms with Crippen molar-refractivity contribution in [2.75, 3.05) is 6.61 Å². The summed E-state index contributed by atoms with van der Waals surface area (Å²) in [6.07, 6.45) is -5.03. The summed E-state index contributed by atoms with van der Waals surface area (Å²) in [5, 5.41) is 8.83. The second kappa shape index (κ2) is 5.84. The van der Waals surface area contributed by atoms with Gasteiger partial charge in [0.1, 0.15) is 17.2 Å². The van der Waals surface area contributed by atoms with E-state index in [9.17, 15) is 18.0 Å². The predicted octanol–water partition coefficient (Wildman–Crippen LogP) is 2.92. The van der Waals surface area contributed by atoms with Crippen LogP contribution in [0.1, 0.15) is 22.8 Å². The molecule has 19 heavy (non-hydrogen) atoms. The first-order chi connectivity index (χ1) is 8.80. The quantitative estimate of drug-likeness (QED) is 0.687. The number of ether oxygens (including phenoxy) is 2. The van der Waals surface area contributed by atoms with E-state index in [-0.39, 0.29) is 11.5 Å². The van der Waals surface area contributed by atoms with Gasteiger partial charge in [-0.3, -0.25) is 0 Å². The van der Waals surface area contributed by atoms with Crippen molar-refractivity contribution in [3.8, 4) is 11.8 Å². The fourth-order valence-electron chi connectivity index (χ4n) is 1.27. The molecule has 1 rings (SSSR count). The normalized spacial score (nSPS) is 10.7. The molecule has 0 aliphatic carbocycles. The summed E-state index contributed by atoms with van der Waals surface area (Å²) in [6, 6.07) is 3.79. The number of carbonyl (C=O) groups excluding carboxylic acids is 1. The summed E-state index contributed by atoms with van der Waals surface area (Å²) in [5.41, 5.74) is -0.959. The van der Waals surface area contributed by atoms with Crippen LogP contribution in [-0.4, -0.2) is 18.9 Å². The third-order valence-electron chi connectivity index (χ3n) is 1.96. The first-order valence-electron chi connectivity index (χ1n) is 4.99. The van der Waals surface area contributed by atoms with Gasteiger partial charge in [0.25, 0.3) is 0 Å². The number of rotatable bonds is 3. The number of hydrogen-bond acceptors (Lipinski definition) is 5. The van der Waals surface area contributed by atoms with Crippen LogP contribution in [0.3, 0.4) is 0 Å². The first kappa shape index (κ1) is 15.2. The molecule has 0 bridgehead atoms. The van der Waals surface area contributed by atoms with Gasteiger partial charge in [-0.15, -0.1) is 25.8 Å². The molecule has 0 fully saturated rings. The van der Waals surface area contributed by atoms with Crippen LogP contribution in [0.2, 0.25) is 0 Å². The van der Waals surface area contributed by atoms with Gasteiger partial charge in [-0.1, -0.05) is 0 Å². The Morgan fingerprint density at radius 1 is 1.47 bits per heavy atom. The summed E-state index contributed by atoms with van der Waals surface area (Å²) in [4.78, 5) is 11.5. The highest BCUT2D eigenvalue weighted by molar-refractivity contribution is 7.80. The zero-order valence-corrected chi connectivity index (χ0v) is 10.5. The summed E-state index contributed by atoms with van der Waals surface area (Å²) in [7, 11) is 0. The van der Waals surface area contributed by atoms with E-state index in [1.54, 1.807) is 0 Å². The lowest BCUT2D eigenvalue weighted by atomic mass is 10.1. The minimum Gasteiger partial charge on any atom is -0.462 e. The Hall–Kier alpha value is -1.88. The topological polar surface area (TPSA) is 59.3 Å². The molecular weight excluding hydrogens is 283 g/mol. The Bertz CT molecular complexity index is 537. The van der Waals surface area contributed by atoms with Crippen LogP contribution in [0.5, 0.6) is 5.75 Å². The van der Waals surface area contributed by atoms with Crippen molar-refractivity contribution >= 4 is 18.6 Å². The Morgan fingerprint density at radius 2 is 2.11 bits per heavy atom. The lowest BCUT2D eigenvalue weighted by molar-refractivity contribution is -0.274. The van der Waals surface area contributed by atoms with Crippen molar-refractivity contribution in [1.82, 2.24) is 0 Å². The molecule has 0 aromatic heterocycles. The average Bonchev–Trinajstić information content (AvgIpc) is 2.27. The Balaban J connectivity index is 3.39. The molecule has 0 amide bonds. The lowest BCUT2D eigenvalue weighted by Crippen LogP contribution is -2.20. The molecule has 0 N–H and O–H groups in total. The van der Waals surface area contributed by atoms with Gasteiger partial charge in [-0.2, -0.15) is 5.26 Å². The van der Waals surface area contributed by atoms with E-state index in [4.69, 9.17) is 5.26 Å². The fourth-order valence-corrected chi connectivity index (χ4v) is 1.50. The standard InChI is InChI=1S/C11H8F3NO3S/c1-2-17-10(16)6-3-4-8(19)7(5-15)9(6)18-11(12,13)14/h3-4,19H,2H2,1H3. The molecule has 0 atom stereocenters. The summed E-state index contributed by atoms with van der Waals surface area (Å²) < 4.78 is 45.3. The smallest absolute Gasteiger partial charge is 0.462 e. The van der Waals surface area contributed by atoms with Crippen LogP contribution in [0.25, 0.3) is 0 Å².